The molecule has 2 amide bonds. The highest BCUT2D eigenvalue weighted by atomic mass is 19.1. The molecular weight excluding hydrogens is 411 g/mol. The van der Waals surface area contributed by atoms with Crippen LogP contribution in [0.3, 0.4) is 0 Å². The summed E-state index contributed by atoms with van der Waals surface area (Å²) in [7, 11) is 1.43. The Labute approximate surface area is 187 Å². The maximum Gasteiger partial charge on any atom is 0.261 e. The molecule has 1 aliphatic rings. The molecule has 0 radical (unpaired) electrons. The molecule has 8 heteroatoms. The second-order valence-corrected chi connectivity index (χ2v) is 7.54. The van der Waals surface area contributed by atoms with E-state index in [9.17, 15) is 14.0 Å². The molecular formula is C24H29FN4O3. The lowest BCUT2D eigenvalue weighted by molar-refractivity contribution is 0.0652. The minimum Gasteiger partial charge on any atom is -0.494 e. The molecule has 1 heterocycles. The largest absolute Gasteiger partial charge is 0.494 e. The summed E-state index contributed by atoms with van der Waals surface area (Å²) in [5.41, 5.74) is 1.72. The van der Waals surface area contributed by atoms with Gasteiger partial charge in [0.05, 0.1) is 24.3 Å². The van der Waals surface area contributed by atoms with Crippen molar-refractivity contribution in [3.63, 3.8) is 0 Å². The molecule has 1 unspecified atom stereocenters. The molecule has 32 heavy (non-hydrogen) atoms. The normalized spacial score (nSPS) is 14.4. The minimum atomic E-state index is -0.409. The van der Waals surface area contributed by atoms with Crippen molar-refractivity contribution in [2.45, 2.75) is 32.7 Å². The first-order valence-corrected chi connectivity index (χ1v) is 10.8. The van der Waals surface area contributed by atoms with E-state index in [0.29, 0.717) is 43.1 Å². The van der Waals surface area contributed by atoms with Gasteiger partial charge < -0.3 is 15.4 Å². The van der Waals surface area contributed by atoms with Gasteiger partial charge in [0, 0.05) is 19.6 Å². The number of nitrogens with zero attached hydrogens (tertiary/aromatic N) is 2. The van der Waals surface area contributed by atoms with E-state index in [1.165, 1.54) is 18.1 Å². The highest BCUT2D eigenvalue weighted by Crippen LogP contribution is 2.23. The van der Waals surface area contributed by atoms with Gasteiger partial charge in [0.1, 0.15) is 0 Å². The van der Waals surface area contributed by atoms with Crippen molar-refractivity contribution in [1.29, 1.82) is 0 Å². The average Bonchev–Trinajstić information content (AvgIpc) is 3.03. The first-order chi connectivity index (χ1) is 15.5. The van der Waals surface area contributed by atoms with Gasteiger partial charge in [0.2, 0.25) is 0 Å². The number of unbranched alkanes of at least 4 members (excludes halogenated alkanes) is 1. The van der Waals surface area contributed by atoms with Gasteiger partial charge >= 0.3 is 0 Å². The number of amides is 2. The fourth-order valence-electron chi connectivity index (χ4n) is 3.58. The zero-order valence-corrected chi connectivity index (χ0v) is 18.7. The van der Waals surface area contributed by atoms with Crippen molar-refractivity contribution >= 4 is 17.8 Å². The van der Waals surface area contributed by atoms with Gasteiger partial charge in [-0.1, -0.05) is 18.2 Å². The Morgan fingerprint density at radius 3 is 2.41 bits per heavy atom. The third-order valence-electron chi connectivity index (χ3n) is 5.31. The van der Waals surface area contributed by atoms with E-state index < -0.39 is 5.82 Å². The van der Waals surface area contributed by atoms with Crippen molar-refractivity contribution in [3.05, 3.63) is 65.0 Å². The van der Waals surface area contributed by atoms with E-state index in [-0.39, 0.29) is 23.6 Å². The van der Waals surface area contributed by atoms with E-state index >= 15 is 0 Å². The third kappa shape index (κ3) is 5.25. The zero-order valence-electron chi connectivity index (χ0n) is 18.7. The molecule has 170 valence electrons. The Morgan fingerprint density at radius 2 is 1.81 bits per heavy atom. The molecule has 0 aromatic heterocycles. The number of carbonyl (C=O) groups excluding carboxylic acids is 2. The maximum absolute atomic E-state index is 14.0. The van der Waals surface area contributed by atoms with Crippen molar-refractivity contribution < 1.29 is 18.7 Å². The Kier molecular flexibility index (Phi) is 7.81. The number of carbonyl (C=O) groups is 2. The number of aliphatic imine (C=N–C) groups is 1. The van der Waals surface area contributed by atoms with Crippen LogP contribution in [-0.2, 0) is 0 Å². The second-order valence-electron chi connectivity index (χ2n) is 7.54. The summed E-state index contributed by atoms with van der Waals surface area (Å²) in [6.07, 6.45) is 1.38. The Morgan fingerprint density at radius 1 is 1.12 bits per heavy atom. The second kappa shape index (κ2) is 10.7. The lowest BCUT2D eigenvalue weighted by Crippen LogP contribution is -2.38. The number of methoxy groups -OCH3 is 1. The topological polar surface area (TPSA) is 83.0 Å². The molecule has 1 aliphatic heterocycles. The molecule has 1 atom stereocenters. The molecule has 0 bridgehead atoms. The number of hydrogen-bond donors (Lipinski definition) is 2. The highest BCUT2D eigenvalue weighted by molar-refractivity contribution is 6.21. The van der Waals surface area contributed by atoms with Crippen LogP contribution < -0.4 is 15.4 Å². The van der Waals surface area contributed by atoms with Gasteiger partial charge in [-0.25, -0.2) is 4.39 Å². The van der Waals surface area contributed by atoms with Gasteiger partial charge in [0.15, 0.2) is 17.5 Å². The van der Waals surface area contributed by atoms with Crippen molar-refractivity contribution in [2.24, 2.45) is 4.99 Å². The Hall–Kier alpha value is -3.42. The number of halogens is 1. The number of ether oxygens (including phenoxy) is 1. The van der Waals surface area contributed by atoms with Crippen LogP contribution in [0.15, 0.2) is 47.5 Å². The number of fused-ring (bicyclic) bond motifs is 1. The summed E-state index contributed by atoms with van der Waals surface area (Å²) in [6, 6.07) is 11.6. The summed E-state index contributed by atoms with van der Waals surface area (Å²) < 4.78 is 19.0. The van der Waals surface area contributed by atoms with Crippen LogP contribution in [0, 0.1) is 5.82 Å². The van der Waals surface area contributed by atoms with Crippen molar-refractivity contribution in [1.82, 2.24) is 15.5 Å². The molecule has 0 fully saturated rings. The Bertz CT molecular complexity index is 973. The SMILES string of the molecule is CCNC(=NCCCCN1C(=O)c2ccccc2C1=O)NC(C)c1ccc(OC)c(F)c1. The molecule has 2 aromatic rings. The van der Waals surface area contributed by atoms with Crippen LogP contribution in [0.2, 0.25) is 0 Å². The average molecular weight is 441 g/mol. The standard InChI is InChI=1S/C24H29FN4O3/c1-4-26-24(28-16(2)17-11-12-21(32-3)20(25)15-17)27-13-7-8-14-29-22(30)18-9-5-6-10-19(18)23(29)31/h5-6,9-12,15-16H,4,7-8,13-14H2,1-3H3,(H2,26,27,28). The summed E-state index contributed by atoms with van der Waals surface area (Å²) in [5, 5.41) is 6.45. The van der Waals surface area contributed by atoms with E-state index in [0.717, 1.165) is 12.0 Å². The number of nitrogens with one attached hydrogen (secondary N) is 2. The molecule has 0 aliphatic carbocycles. The van der Waals surface area contributed by atoms with Gasteiger partial charge in [-0.15, -0.1) is 0 Å². The first kappa shape index (κ1) is 23.2. The summed E-state index contributed by atoms with van der Waals surface area (Å²) >= 11 is 0. The molecule has 3 rings (SSSR count). The lowest BCUT2D eigenvalue weighted by Gasteiger charge is -2.19. The lowest BCUT2D eigenvalue weighted by atomic mass is 10.1. The fourth-order valence-corrected chi connectivity index (χ4v) is 3.58. The van der Waals surface area contributed by atoms with Crippen molar-refractivity contribution in [3.8, 4) is 5.75 Å². The van der Waals surface area contributed by atoms with E-state index in [4.69, 9.17) is 4.74 Å². The van der Waals surface area contributed by atoms with Crippen LogP contribution in [-0.4, -0.2) is 49.4 Å². The molecule has 7 nitrogen and oxygen atoms in total. The number of rotatable bonds is 9. The molecule has 0 saturated carbocycles. The van der Waals surface area contributed by atoms with Crippen LogP contribution >= 0.6 is 0 Å². The molecule has 0 spiro atoms. The number of imide groups is 1. The molecule has 2 aromatic carbocycles. The van der Waals surface area contributed by atoms with Crippen molar-refractivity contribution in [2.75, 3.05) is 26.7 Å². The summed E-state index contributed by atoms with van der Waals surface area (Å²) in [5.74, 6) is -0.0420. The zero-order chi connectivity index (χ0) is 23.1. The number of guanidine groups is 1. The van der Waals surface area contributed by atoms with Gasteiger partial charge in [-0.3, -0.25) is 19.5 Å². The predicted molar refractivity (Wildman–Crippen MR) is 122 cm³/mol. The number of benzene rings is 2. The Balaban J connectivity index is 1.51. The minimum absolute atomic E-state index is 0.161. The predicted octanol–water partition coefficient (Wildman–Crippen LogP) is 3.53. The van der Waals surface area contributed by atoms with Crippen LogP contribution in [0.1, 0.15) is 59.0 Å². The van der Waals surface area contributed by atoms with Crippen LogP contribution in [0.4, 0.5) is 4.39 Å². The quantitative estimate of drug-likeness (QED) is 0.270. The monoisotopic (exact) mass is 440 g/mol. The van der Waals surface area contributed by atoms with E-state index in [1.54, 1.807) is 30.3 Å². The van der Waals surface area contributed by atoms with E-state index in [1.807, 2.05) is 19.9 Å². The van der Waals surface area contributed by atoms with Gasteiger partial charge in [0.25, 0.3) is 11.8 Å². The number of hydrogen-bond acceptors (Lipinski definition) is 4. The van der Waals surface area contributed by atoms with Gasteiger partial charge in [-0.05, 0) is 56.5 Å². The summed E-state index contributed by atoms with van der Waals surface area (Å²) in [6.45, 7) is 5.48. The third-order valence-corrected chi connectivity index (χ3v) is 5.31. The van der Waals surface area contributed by atoms with E-state index in [2.05, 4.69) is 15.6 Å². The highest BCUT2D eigenvalue weighted by Gasteiger charge is 2.34. The first-order valence-electron chi connectivity index (χ1n) is 10.8. The smallest absolute Gasteiger partial charge is 0.261 e. The molecule has 2 N–H and O–H groups in total. The molecule has 0 saturated heterocycles. The van der Waals surface area contributed by atoms with Gasteiger partial charge in [-0.2, -0.15) is 0 Å². The van der Waals surface area contributed by atoms with Crippen LogP contribution in [0.5, 0.6) is 5.75 Å². The fraction of sp³-hybridized carbons (Fsp3) is 0.375. The maximum atomic E-state index is 14.0. The summed E-state index contributed by atoms with van der Waals surface area (Å²) in [4.78, 5) is 30.7. The van der Waals surface area contributed by atoms with Crippen LogP contribution in [0.25, 0.3) is 0 Å².